The lowest BCUT2D eigenvalue weighted by Gasteiger charge is -2.33. The predicted octanol–water partition coefficient (Wildman–Crippen LogP) is 2.67. The normalized spacial score (nSPS) is 24.2. The Morgan fingerprint density at radius 2 is 2.15 bits per heavy atom. The lowest BCUT2D eigenvalue weighted by molar-refractivity contribution is 0.239. The van der Waals surface area contributed by atoms with Gasteiger partial charge in [0.25, 0.3) is 10.0 Å². The van der Waals surface area contributed by atoms with Crippen molar-refractivity contribution in [3.05, 3.63) is 17.0 Å². The molecule has 0 amide bonds. The van der Waals surface area contributed by atoms with Crippen molar-refractivity contribution in [1.82, 2.24) is 9.62 Å². The van der Waals surface area contributed by atoms with Crippen LogP contribution in [0, 0.1) is 5.92 Å². The fraction of sp³-hybridized carbons (Fsp3) is 0.714. The second-order valence-corrected chi connectivity index (χ2v) is 9.09. The fourth-order valence-electron chi connectivity index (χ4n) is 2.84. The highest BCUT2D eigenvalue weighted by Gasteiger charge is 2.31. The number of rotatable bonds is 5. The average Bonchev–Trinajstić information content (AvgIpc) is 2.87. The van der Waals surface area contributed by atoms with Crippen LogP contribution in [-0.2, 0) is 16.6 Å². The monoisotopic (exact) mass is 316 g/mol. The molecule has 2 rings (SSSR count). The minimum absolute atomic E-state index is 0.151. The maximum Gasteiger partial charge on any atom is 0.252 e. The number of nitrogens with one attached hydrogen (secondary N) is 1. The van der Waals surface area contributed by atoms with E-state index in [1.165, 1.54) is 17.8 Å². The quantitative estimate of drug-likeness (QED) is 0.908. The van der Waals surface area contributed by atoms with E-state index in [9.17, 15) is 8.42 Å². The Morgan fingerprint density at radius 3 is 2.80 bits per heavy atom. The molecule has 6 heteroatoms. The van der Waals surface area contributed by atoms with Crippen molar-refractivity contribution in [2.75, 3.05) is 14.1 Å². The van der Waals surface area contributed by atoms with Crippen LogP contribution in [0.3, 0.4) is 0 Å². The maximum absolute atomic E-state index is 12.7. The Bertz CT molecular complexity index is 539. The van der Waals surface area contributed by atoms with Crippen LogP contribution in [0.2, 0.25) is 0 Å². The van der Waals surface area contributed by atoms with E-state index in [4.69, 9.17) is 0 Å². The molecule has 1 heterocycles. The van der Waals surface area contributed by atoms with Crippen LogP contribution in [0.1, 0.15) is 37.5 Å². The standard InChI is InChI=1S/C14H24N2O2S2/c1-11-5-4-6-12(9-11)16(3)20(17,18)14-8-7-13(19-14)10-15-2/h7-8,11-12,15H,4-6,9-10H2,1-3H3. The number of sulfonamides is 1. The number of hydrogen-bond acceptors (Lipinski definition) is 4. The van der Waals surface area contributed by atoms with E-state index in [1.54, 1.807) is 17.4 Å². The van der Waals surface area contributed by atoms with Gasteiger partial charge in [0.1, 0.15) is 4.21 Å². The summed E-state index contributed by atoms with van der Waals surface area (Å²) in [5.74, 6) is 0.620. The van der Waals surface area contributed by atoms with Gasteiger partial charge in [0.05, 0.1) is 0 Å². The highest BCUT2D eigenvalue weighted by molar-refractivity contribution is 7.91. The summed E-state index contributed by atoms with van der Waals surface area (Å²) in [6.07, 6.45) is 4.30. The predicted molar refractivity (Wildman–Crippen MR) is 83.5 cm³/mol. The van der Waals surface area contributed by atoms with E-state index in [0.717, 1.165) is 24.1 Å². The molecule has 20 heavy (non-hydrogen) atoms. The van der Waals surface area contributed by atoms with E-state index in [-0.39, 0.29) is 6.04 Å². The molecule has 0 aliphatic heterocycles. The topological polar surface area (TPSA) is 49.4 Å². The molecule has 0 saturated heterocycles. The van der Waals surface area contributed by atoms with Gasteiger partial charge in [-0.05, 0) is 37.9 Å². The smallest absolute Gasteiger partial charge is 0.252 e. The molecule has 0 radical (unpaired) electrons. The van der Waals surface area contributed by atoms with Crippen molar-refractivity contribution in [2.24, 2.45) is 5.92 Å². The molecule has 2 unspecified atom stereocenters. The van der Waals surface area contributed by atoms with Crippen LogP contribution < -0.4 is 5.32 Å². The Balaban J connectivity index is 2.15. The highest BCUT2D eigenvalue weighted by Crippen LogP contribution is 2.31. The van der Waals surface area contributed by atoms with Gasteiger partial charge in [-0.25, -0.2) is 8.42 Å². The summed E-state index contributed by atoms with van der Waals surface area (Å²) in [6.45, 7) is 2.92. The van der Waals surface area contributed by atoms with Crippen molar-refractivity contribution in [3.63, 3.8) is 0 Å². The minimum atomic E-state index is -3.34. The third-order valence-corrected chi connectivity index (χ3v) is 7.51. The largest absolute Gasteiger partial charge is 0.315 e. The zero-order valence-corrected chi connectivity index (χ0v) is 14.1. The number of nitrogens with zero attached hydrogens (tertiary/aromatic N) is 1. The van der Waals surface area contributed by atoms with Gasteiger partial charge < -0.3 is 5.32 Å². The van der Waals surface area contributed by atoms with Crippen LogP contribution in [0.25, 0.3) is 0 Å². The summed E-state index contributed by atoms with van der Waals surface area (Å²) < 4.78 is 27.4. The molecule has 1 saturated carbocycles. The molecule has 0 aromatic carbocycles. The first kappa shape index (κ1) is 15.9. The lowest BCUT2D eigenvalue weighted by atomic mass is 9.87. The van der Waals surface area contributed by atoms with Gasteiger partial charge in [0, 0.05) is 24.5 Å². The second-order valence-electron chi connectivity index (χ2n) is 5.70. The summed E-state index contributed by atoms with van der Waals surface area (Å²) in [6, 6.07) is 3.78. The summed E-state index contributed by atoms with van der Waals surface area (Å²) >= 11 is 1.37. The molecule has 0 bridgehead atoms. The van der Waals surface area contributed by atoms with Crippen molar-refractivity contribution in [2.45, 2.75) is 49.4 Å². The zero-order chi connectivity index (χ0) is 14.8. The molecule has 1 fully saturated rings. The SMILES string of the molecule is CNCc1ccc(S(=O)(=O)N(C)C2CCCC(C)C2)s1. The molecule has 1 aromatic rings. The van der Waals surface area contributed by atoms with Gasteiger partial charge in [-0.2, -0.15) is 4.31 Å². The molecular formula is C14H24N2O2S2. The molecule has 2 atom stereocenters. The van der Waals surface area contributed by atoms with E-state index in [0.29, 0.717) is 16.7 Å². The van der Waals surface area contributed by atoms with Gasteiger partial charge in [0.15, 0.2) is 0 Å². The Hall–Kier alpha value is -0.430. The zero-order valence-electron chi connectivity index (χ0n) is 12.4. The van der Waals surface area contributed by atoms with Crippen molar-refractivity contribution < 1.29 is 8.42 Å². The molecule has 1 aromatic heterocycles. The van der Waals surface area contributed by atoms with E-state index < -0.39 is 10.0 Å². The summed E-state index contributed by atoms with van der Waals surface area (Å²) in [5.41, 5.74) is 0. The molecule has 114 valence electrons. The van der Waals surface area contributed by atoms with E-state index >= 15 is 0 Å². The average molecular weight is 316 g/mol. The fourth-order valence-corrected chi connectivity index (χ4v) is 5.79. The van der Waals surface area contributed by atoms with Gasteiger partial charge in [-0.3, -0.25) is 0 Å². The summed E-state index contributed by atoms with van der Waals surface area (Å²) in [7, 11) is 0.261. The molecular weight excluding hydrogens is 292 g/mol. The molecule has 1 aliphatic rings. The van der Waals surface area contributed by atoms with Gasteiger partial charge in [-0.1, -0.05) is 19.8 Å². The van der Waals surface area contributed by atoms with Crippen molar-refractivity contribution >= 4 is 21.4 Å². The highest BCUT2D eigenvalue weighted by atomic mass is 32.2. The number of thiophene rings is 1. The van der Waals surface area contributed by atoms with Crippen LogP contribution in [0.5, 0.6) is 0 Å². The van der Waals surface area contributed by atoms with E-state index in [1.807, 2.05) is 13.1 Å². The first-order valence-electron chi connectivity index (χ1n) is 7.16. The first-order valence-corrected chi connectivity index (χ1v) is 9.42. The van der Waals surface area contributed by atoms with Crippen molar-refractivity contribution in [1.29, 1.82) is 0 Å². The third-order valence-electron chi connectivity index (χ3n) is 4.04. The first-order chi connectivity index (χ1) is 9.45. The molecule has 1 N–H and O–H groups in total. The van der Waals surface area contributed by atoms with Crippen LogP contribution in [0.15, 0.2) is 16.3 Å². The van der Waals surface area contributed by atoms with Gasteiger partial charge in [0.2, 0.25) is 0 Å². The number of hydrogen-bond donors (Lipinski definition) is 1. The second kappa shape index (κ2) is 6.56. The maximum atomic E-state index is 12.7. The summed E-state index contributed by atoms with van der Waals surface area (Å²) in [5, 5.41) is 3.05. The Kier molecular flexibility index (Phi) is 5.23. The molecule has 0 spiro atoms. The van der Waals surface area contributed by atoms with Gasteiger partial charge >= 0.3 is 0 Å². The van der Waals surface area contributed by atoms with Crippen LogP contribution in [0.4, 0.5) is 0 Å². The van der Waals surface area contributed by atoms with Crippen LogP contribution >= 0.6 is 11.3 Å². The minimum Gasteiger partial charge on any atom is -0.315 e. The van der Waals surface area contributed by atoms with Gasteiger partial charge in [-0.15, -0.1) is 11.3 Å². The van der Waals surface area contributed by atoms with E-state index in [2.05, 4.69) is 12.2 Å². The van der Waals surface area contributed by atoms with Crippen LogP contribution in [-0.4, -0.2) is 32.9 Å². The molecule has 1 aliphatic carbocycles. The summed E-state index contributed by atoms with van der Waals surface area (Å²) in [4.78, 5) is 1.05. The lowest BCUT2D eigenvalue weighted by Crippen LogP contribution is -2.39. The third kappa shape index (κ3) is 3.42. The van der Waals surface area contributed by atoms with Crippen molar-refractivity contribution in [3.8, 4) is 0 Å². The molecule has 4 nitrogen and oxygen atoms in total. The Labute approximate surface area is 126 Å². The Morgan fingerprint density at radius 1 is 1.40 bits per heavy atom.